The van der Waals surface area contributed by atoms with Gasteiger partial charge in [-0.25, -0.2) is 0 Å². The van der Waals surface area contributed by atoms with Crippen LogP contribution < -0.4 is 5.32 Å². The average molecular weight is 243 g/mol. The number of methoxy groups -OCH3 is 1. The van der Waals surface area contributed by atoms with E-state index in [-0.39, 0.29) is 18.6 Å². The van der Waals surface area contributed by atoms with Crippen molar-refractivity contribution in [3.05, 3.63) is 0 Å². The summed E-state index contributed by atoms with van der Waals surface area (Å²) in [6.45, 7) is 3.18. The number of nitrogens with one attached hydrogen (secondary N) is 1. The number of aliphatic hydroxyl groups is 1. The Morgan fingerprint density at radius 2 is 2.06 bits per heavy atom. The minimum Gasteiger partial charge on any atom is -0.469 e. The van der Waals surface area contributed by atoms with E-state index in [0.29, 0.717) is 18.3 Å². The molecule has 3 atom stereocenters. The van der Waals surface area contributed by atoms with Crippen LogP contribution in [0.4, 0.5) is 0 Å². The molecule has 4 heteroatoms. The predicted molar refractivity (Wildman–Crippen MR) is 66.6 cm³/mol. The molecule has 0 aromatic carbocycles. The highest BCUT2D eigenvalue weighted by Gasteiger charge is 2.24. The SMILES string of the molecule is COC(=O)CC(C)NCC1CCCCC1CO. The molecule has 1 rings (SSSR count). The number of hydrogen-bond donors (Lipinski definition) is 2. The fourth-order valence-electron chi connectivity index (χ4n) is 2.55. The molecule has 0 radical (unpaired) electrons. The fraction of sp³-hybridized carbons (Fsp3) is 0.923. The zero-order valence-electron chi connectivity index (χ0n) is 10.9. The van der Waals surface area contributed by atoms with Crippen LogP contribution in [0.2, 0.25) is 0 Å². The molecule has 1 aliphatic carbocycles. The summed E-state index contributed by atoms with van der Waals surface area (Å²) < 4.78 is 4.64. The molecule has 17 heavy (non-hydrogen) atoms. The first-order valence-electron chi connectivity index (χ1n) is 6.58. The molecule has 1 aliphatic rings. The monoisotopic (exact) mass is 243 g/mol. The lowest BCUT2D eigenvalue weighted by molar-refractivity contribution is -0.141. The molecule has 1 fully saturated rings. The molecule has 4 nitrogen and oxygen atoms in total. The van der Waals surface area contributed by atoms with Crippen LogP contribution in [0, 0.1) is 11.8 Å². The lowest BCUT2D eigenvalue weighted by atomic mass is 9.79. The van der Waals surface area contributed by atoms with Crippen LogP contribution in [0.1, 0.15) is 39.0 Å². The maximum atomic E-state index is 11.1. The van der Waals surface area contributed by atoms with Crippen molar-refractivity contribution in [2.45, 2.75) is 45.1 Å². The summed E-state index contributed by atoms with van der Waals surface area (Å²) in [5, 5.41) is 12.7. The van der Waals surface area contributed by atoms with Crippen molar-refractivity contribution < 1.29 is 14.6 Å². The third-order valence-corrected chi connectivity index (χ3v) is 3.73. The topological polar surface area (TPSA) is 58.6 Å². The molecule has 3 unspecified atom stereocenters. The van der Waals surface area contributed by atoms with Crippen molar-refractivity contribution in [3.63, 3.8) is 0 Å². The number of carbonyl (C=O) groups is 1. The smallest absolute Gasteiger partial charge is 0.307 e. The summed E-state index contributed by atoms with van der Waals surface area (Å²) in [4.78, 5) is 11.1. The van der Waals surface area contributed by atoms with Gasteiger partial charge >= 0.3 is 5.97 Å². The lowest BCUT2D eigenvalue weighted by Crippen LogP contribution is -2.37. The highest BCUT2D eigenvalue weighted by atomic mass is 16.5. The molecule has 0 aromatic rings. The Morgan fingerprint density at radius 1 is 1.41 bits per heavy atom. The number of hydrogen-bond acceptors (Lipinski definition) is 4. The molecule has 2 N–H and O–H groups in total. The van der Waals surface area contributed by atoms with E-state index in [2.05, 4.69) is 10.1 Å². The first-order valence-corrected chi connectivity index (χ1v) is 6.58. The molecule has 0 spiro atoms. The fourth-order valence-corrected chi connectivity index (χ4v) is 2.55. The Labute approximate surface area is 104 Å². The lowest BCUT2D eigenvalue weighted by Gasteiger charge is -2.31. The highest BCUT2D eigenvalue weighted by Crippen LogP contribution is 2.29. The van der Waals surface area contributed by atoms with Gasteiger partial charge in [0.05, 0.1) is 13.5 Å². The number of carbonyl (C=O) groups excluding carboxylic acids is 1. The van der Waals surface area contributed by atoms with Crippen molar-refractivity contribution >= 4 is 5.97 Å². The van der Waals surface area contributed by atoms with Crippen molar-refractivity contribution in [1.82, 2.24) is 5.32 Å². The quantitative estimate of drug-likeness (QED) is 0.691. The first-order chi connectivity index (χ1) is 8.17. The zero-order valence-corrected chi connectivity index (χ0v) is 10.9. The van der Waals surface area contributed by atoms with Crippen LogP contribution in [0.3, 0.4) is 0 Å². The van der Waals surface area contributed by atoms with Gasteiger partial charge in [-0.2, -0.15) is 0 Å². The van der Waals surface area contributed by atoms with Gasteiger partial charge in [-0.05, 0) is 38.1 Å². The number of esters is 1. The van der Waals surface area contributed by atoms with Gasteiger partial charge in [-0.15, -0.1) is 0 Å². The third-order valence-electron chi connectivity index (χ3n) is 3.73. The van der Waals surface area contributed by atoms with Crippen LogP contribution in [-0.2, 0) is 9.53 Å². The number of ether oxygens (including phenoxy) is 1. The van der Waals surface area contributed by atoms with Crippen molar-refractivity contribution in [2.75, 3.05) is 20.3 Å². The van der Waals surface area contributed by atoms with Gasteiger partial charge in [-0.1, -0.05) is 12.8 Å². The van der Waals surface area contributed by atoms with Crippen LogP contribution in [-0.4, -0.2) is 37.4 Å². The summed E-state index contributed by atoms with van der Waals surface area (Å²) in [5.74, 6) is 0.808. The van der Waals surface area contributed by atoms with Crippen LogP contribution in [0.5, 0.6) is 0 Å². The second-order valence-electron chi connectivity index (χ2n) is 5.08. The first kappa shape index (κ1) is 14.5. The van der Waals surface area contributed by atoms with Gasteiger partial charge in [-0.3, -0.25) is 4.79 Å². The minimum absolute atomic E-state index is 0.142. The Morgan fingerprint density at radius 3 is 2.65 bits per heavy atom. The van der Waals surface area contributed by atoms with Gasteiger partial charge in [0.15, 0.2) is 0 Å². The van der Waals surface area contributed by atoms with Crippen LogP contribution in [0.15, 0.2) is 0 Å². The largest absolute Gasteiger partial charge is 0.469 e. The maximum absolute atomic E-state index is 11.1. The summed E-state index contributed by atoms with van der Waals surface area (Å²) in [5.41, 5.74) is 0. The molecule has 0 bridgehead atoms. The van der Waals surface area contributed by atoms with E-state index in [4.69, 9.17) is 0 Å². The highest BCUT2D eigenvalue weighted by molar-refractivity contribution is 5.69. The maximum Gasteiger partial charge on any atom is 0.307 e. The van der Waals surface area contributed by atoms with Crippen LogP contribution >= 0.6 is 0 Å². The summed E-state index contributed by atoms with van der Waals surface area (Å²) in [7, 11) is 1.41. The van der Waals surface area contributed by atoms with Crippen molar-refractivity contribution in [3.8, 4) is 0 Å². The van der Waals surface area contributed by atoms with E-state index in [0.717, 1.165) is 13.0 Å². The van der Waals surface area contributed by atoms with Gasteiger partial charge < -0.3 is 15.2 Å². The molecular formula is C13H25NO3. The molecule has 0 saturated heterocycles. The van der Waals surface area contributed by atoms with E-state index in [1.54, 1.807) is 0 Å². The summed E-state index contributed by atoms with van der Waals surface area (Å²) in [6, 6.07) is 0.142. The predicted octanol–water partition coefficient (Wildman–Crippen LogP) is 1.33. The van der Waals surface area contributed by atoms with E-state index in [1.807, 2.05) is 6.92 Å². The molecule has 0 amide bonds. The Balaban J connectivity index is 2.25. The minimum atomic E-state index is -0.174. The molecule has 0 aromatic heterocycles. The number of rotatable bonds is 6. The van der Waals surface area contributed by atoms with E-state index < -0.39 is 0 Å². The van der Waals surface area contributed by atoms with Gasteiger partial charge in [0.1, 0.15) is 0 Å². The van der Waals surface area contributed by atoms with E-state index in [9.17, 15) is 9.90 Å². The van der Waals surface area contributed by atoms with Crippen LogP contribution in [0.25, 0.3) is 0 Å². The number of aliphatic hydroxyl groups excluding tert-OH is 1. The molecule has 0 heterocycles. The van der Waals surface area contributed by atoms with Gasteiger partial charge in [0.25, 0.3) is 0 Å². The second-order valence-corrected chi connectivity index (χ2v) is 5.08. The Kier molecular flexibility index (Phi) is 6.52. The summed E-state index contributed by atoms with van der Waals surface area (Å²) in [6.07, 6.45) is 5.22. The third kappa shape index (κ3) is 5.04. The second kappa shape index (κ2) is 7.67. The normalized spacial score (nSPS) is 26.5. The summed E-state index contributed by atoms with van der Waals surface area (Å²) >= 11 is 0. The molecular weight excluding hydrogens is 218 g/mol. The van der Waals surface area contributed by atoms with Crippen molar-refractivity contribution in [2.24, 2.45) is 11.8 Å². The Bertz CT molecular complexity index is 233. The molecule has 0 aliphatic heterocycles. The van der Waals surface area contributed by atoms with Gasteiger partial charge in [0.2, 0.25) is 0 Å². The molecule has 1 saturated carbocycles. The van der Waals surface area contributed by atoms with Gasteiger partial charge in [0, 0.05) is 12.6 Å². The van der Waals surface area contributed by atoms with E-state index in [1.165, 1.54) is 26.4 Å². The standard InChI is InChI=1S/C13H25NO3/c1-10(7-13(16)17-2)14-8-11-5-3-4-6-12(11)9-15/h10-12,14-15H,3-9H2,1-2H3. The van der Waals surface area contributed by atoms with E-state index >= 15 is 0 Å². The zero-order chi connectivity index (χ0) is 12.7. The molecule has 100 valence electrons. The average Bonchev–Trinajstić information content (AvgIpc) is 2.36. The van der Waals surface area contributed by atoms with Crippen molar-refractivity contribution in [1.29, 1.82) is 0 Å². The Hall–Kier alpha value is -0.610.